The molecule has 2 spiro atoms. The summed E-state index contributed by atoms with van der Waals surface area (Å²) in [6.07, 6.45) is 5.39. The first-order valence-electron chi connectivity index (χ1n) is 17.3. The minimum absolute atomic E-state index is 0.0867. The second-order valence-electron chi connectivity index (χ2n) is 17.3. The van der Waals surface area contributed by atoms with Crippen molar-refractivity contribution in [3.8, 4) is 0 Å². The van der Waals surface area contributed by atoms with Crippen LogP contribution in [0.3, 0.4) is 0 Å². The topological polar surface area (TPSA) is 140 Å². The van der Waals surface area contributed by atoms with Gasteiger partial charge in [0.15, 0.2) is 6.10 Å². The van der Waals surface area contributed by atoms with Crippen molar-refractivity contribution in [3.63, 3.8) is 0 Å². The van der Waals surface area contributed by atoms with E-state index in [9.17, 15) is 19.8 Å². The number of aliphatic hydroxyl groups is 2. The number of nitrogens with one attached hydrogen (secondary N) is 1. The summed E-state index contributed by atoms with van der Waals surface area (Å²) in [5, 5.41) is 26.2. The Morgan fingerprint density at radius 2 is 1.73 bits per heavy atom. The Hall–Kier alpha value is -1.42. The fraction of sp³-hybridized carbons (Fsp3) is 0.943. The lowest BCUT2D eigenvalue weighted by molar-refractivity contribution is -0.216. The molecular weight excluding hydrogens is 560 g/mol. The van der Waals surface area contributed by atoms with E-state index in [4.69, 9.17) is 19.9 Å². The monoisotopic (exact) mass is 618 g/mol. The van der Waals surface area contributed by atoms with Crippen molar-refractivity contribution in [3.05, 3.63) is 0 Å². The van der Waals surface area contributed by atoms with Crippen LogP contribution in [0.25, 0.3) is 0 Å². The fourth-order valence-corrected chi connectivity index (χ4v) is 12.9. The third-order valence-corrected chi connectivity index (χ3v) is 14.8. The van der Waals surface area contributed by atoms with Crippen LogP contribution in [0.15, 0.2) is 0 Å². The van der Waals surface area contributed by atoms with Gasteiger partial charge in [0.05, 0.1) is 23.9 Å². The van der Waals surface area contributed by atoms with E-state index in [0.29, 0.717) is 31.3 Å². The molecule has 5 N–H and O–H groups in total. The molecule has 1 aliphatic heterocycles. The minimum Gasteiger partial charge on any atom is -0.457 e. The van der Waals surface area contributed by atoms with E-state index >= 15 is 0 Å². The van der Waals surface area contributed by atoms with Gasteiger partial charge in [-0.25, -0.2) is 4.79 Å². The number of hydrogen-bond donors (Lipinski definition) is 4. The zero-order valence-corrected chi connectivity index (χ0v) is 28.3. The van der Waals surface area contributed by atoms with Gasteiger partial charge in [-0.15, -0.1) is 0 Å². The number of rotatable bonds is 6. The number of fused-ring (bicyclic) bond motifs is 4. The van der Waals surface area contributed by atoms with Crippen molar-refractivity contribution in [1.82, 2.24) is 5.32 Å². The SMILES string of the molecule is CC(=O)O[C@@H](C1C[C@@H](C)[C@H]2C(O1)[C@H](O)[C@@]1(C)C3CC[C@H]4C(C)(C)C(OC(=O)NCCN)CC[C@@]45C[C@@]35CC[C@]21C)C(C)(C)O. The molecule has 4 unspecified atom stereocenters. The molecule has 1 saturated heterocycles. The van der Waals surface area contributed by atoms with Gasteiger partial charge in [0.25, 0.3) is 0 Å². The highest BCUT2D eigenvalue weighted by molar-refractivity contribution is 5.67. The molecule has 6 aliphatic rings. The molecule has 1 heterocycles. The number of carbonyl (C=O) groups excluding carboxylic acids is 2. The van der Waals surface area contributed by atoms with Crippen LogP contribution in [0.2, 0.25) is 0 Å². The van der Waals surface area contributed by atoms with Crippen LogP contribution in [0.4, 0.5) is 4.79 Å². The van der Waals surface area contributed by atoms with Crippen molar-refractivity contribution in [2.24, 2.45) is 56.5 Å². The molecule has 6 fully saturated rings. The van der Waals surface area contributed by atoms with Crippen molar-refractivity contribution in [1.29, 1.82) is 0 Å². The fourth-order valence-electron chi connectivity index (χ4n) is 12.9. The van der Waals surface area contributed by atoms with Crippen LogP contribution < -0.4 is 11.1 Å². The highest BCUT2D eigenvalue weighted by atomic mass is 16.6. The Balaban J connectivity index is 1.27. The highest BCUT2D eigenvalue weighted by Gasteiger charge is 2.84. The lowest BCUT2D eigenvalue weighted by Crippen LogP contribution is -2.60. The van der Waals surface area contributed by atoms with E-state index < -0.39 is 29.9 Å². The van der Waals surface area contributed by atoms with Crippen LogP contribution in [0.5, 0.6) is 0 Å². The summed E-state index contributed by atoms with van der Waals surface area (Å²) in [6.45, 7) is 17.1. The molecule has 0 radical (unpaired) electrons. The van der Waals surface area contributed by atoms with E-state index in [2.05, 4.69) is 39.9 Å². The number of alkyl carbamates (subject to hydrolysis) is 1. The zero-order valence-electron chi connectivity index (χ0n) is 28.3. The Morgan fingerprint density at radius 1 is 1.07 bits per heavy atom. The lowest BCUT2D eigenvalue weighted by atomic mass is 9.41. The summed E-state index contributed by atoms with van der Waals surface area (Å²) in [5.41, 5.74) is 4.19. The molecule has 9 heteroatoms. The molecule has 1 amide bonds. The molecule has 0 aromatic rings. The molecule has 5 aliphatic carbocycles. The standard InChI is InChI=1S/C35H58N2O7/c1-19-17-21(28(31(5,6)41)42-20(2)38)43-26-25(19)32(7)13-14-35-18-34(35)12-11-24(44-29(40)37-16-15-36)30(3,4)22(34)9-10-23(35)33(32,8)27(26)39/h19,21-28,39,41H,9-18,36H2,1-8H3,(H,37,40)/t19-,21?,22+,23?,24?,25+,26?,27+,28+,32-,33-,34-,35+/m1/s1. The normalized spacial score (nSPS) is 49.2. The maximum atomic E-state index is 12.5. The first-order valence-corrected chi connectivity index (χ1v) is 17.3. The minimum atomic E-state index is -1.27. The number of carbonyl (C=O) groups is 2. The second-order valence-corrected chi connectivity index (χ2v) is 17.3. The van der Waals surface area contributed by atoms with Gasteiger partial charge in [0, 0.05) is 30.8 Å². The second kappa shape index (κ2) is 10.3. The molecule has 6 rings (SSSR count). The quantitative estimate of drug-likeness (QED) is 0.318. The largest absolute Gasteiger partial charge is 0.457 e. The Morgan fingerprint density at radius 3 is 2.36 bits per heavy atom. The third-order valence-electron chi connectivity index (χ3n) is 14.8. The molecule has 9 nitrogen and oxygen atoms in total. The smallest absolute Gasteiger partial charge is 0.407 e. The highest BCUT2D eigenvalue weighted by Crippen LogP contribution is 2.89. The van der Waals surface area contributed by atoms with Gasteiger partial charge >= 0.3 is 12.1 Å². The van der Waals surface area contributed by atoms with E-state index in [-0.39, 0.29) is 57.2 Å². The Bertz CT molecular complexity index is 1170. The summed E-state index contributed by atoms with van der Waals surface area (Å²) in [5.74, 6) is 0.857. The van der Waals surface area contributed by atoms with E-state index in [1.165, 1.54) is 19.8 Å². The van der Waals surface area contributed by atoms with Gasteiger partial charge in [-0.2, -0.15) is 0 Å². The Labute approximate surface area is 263 Å². The molecule has 0 aromatic heterocycles. The maximum absolute atomic E-state index is 12.5. The maximum Gasteiger partial charge on any atom is 0.407 e. The van der Waals surface area contributed by atoms with Crippen LogP contribution in [-0.2, 0) is 19.0 Å². The molecule has 250 valence electrons. The Kier molecular flexibility index (Phi) is 7.60. The number of hydrogen-bond acceptors (Lipinski definition) is 8. The van der Waals surface area contributed by atoms with Crippen molar-refractivity contribution >= 4 is 12.1 Å². The summed E-state index contributed by atoms with van der Waals surface area (Å²) < 4.78 is 18.5. The van der Waals surface area contributed by atoms with Gasteiger partial charge in [-0.1, -0.05) is 34.6 Å². The van der Waals surface area contributed by atoms with Crippen LogP contribution in [0, 0.1) is 50.7 Å². The van der Waals surface area contributed by atoms with Gasteiger partial charge in [-0.05, 0) is 105 Å². The molecule has 0 aromatic carbocycles. The average Bonchev–Trinajstić information content (AvgIpc) is 3.56. The van der Waals surface area contributed by atoms with Crippen molar-refractivity contribution in [2.45, 2.75) is 143 Å². The molecule has 0 bridgehead atoms. The molecule has 44 heavy (non-hydrogen) atoms. The number of amides is 1. The number of aliphatic hydroxyl groups excluding tert-OH is 1. The summed E-state index contributed by atoms with van der Waals surface area (Å²) >= 11 is 0. The van der Waals surface area contributed by atoms with Crippen molar-refractivity contribution < 1.29 is 34.0 Å². The van der Waals surface area contributed by atoms with E-state index in [1.807, 2.05) is 0 Å². The van der Waals surface area contributed by atoms with Crippen molar-refractivity contribution in [2.75, 3.05) is 13.1 Å². The average molecular weight is 619 g/mol. The number of ether oxygens (including phenoxy) is 3. The van der Waals surface area contributed by atoms with Gasteiger partial charge in [0.2, 0.25) is 0 Å². The van der Waals surface area contributed by atoms with Crippen LogP contribution in [0.1, 0.15) is 107 Å². The van der Waals surface area contributed by atoms with Gasteiger partial charge in [0.1, 0.15) is 6.10 Å². The van der Waals surface area contributed by atoms with Gasteiger partial charge < -0.3 is 35.5 Å². The van der Waals surface area contributed by atoms with Gasteiger partial charge in [-0.3, -0.25) is 4.79 Å². The van der Waals surface area contributed by atoms with Crippen LogP contribution in [-0.4, -0.2) is 71.5 Å². The first-order chi connectivity index (χ1) is 20.4. The summed E-state index contributed by atoms with van der Waals surface area (Å²) in [6, 6.07) is 0. The predicted octanol–water partition coefficient (Wildman–Crippen LogP) is 4.56. The van der Waals surface area contributed by atoms with E-state index in [0.717, 1.165) is 32.1 Å². The third kappa shape index (κ3) is 4.23. The number of esters is 1. The molecule has 5 saturated carbocycles. The lowest BCUT2D eigenvalue weighted by Gasteiger charge is -2.63. The molecular formula is C35H58N2O7. The molecule has 13 atom stereocenters. The van der Waals surface area contributed by atoms with E-state index in [1.54, 1.807) is 13.8 Å². The first kappa shape index (κ1) is 32.5. The summed E-state index contributed by atoms with van der Waals surface area (Å²) in [7, 11) is 0. The zero-order chi connectivity index (χ0) is 32.3. The predicted molar refractivity (Wildman–Crippen MR) is 165 cm³/mol. The van der Waals surface area contributed by atoms with Crippen LogP contribution >= 0.6 is 0 Å². The number of nitrogens with two attached hydrogens (primary N) is 1. The summed E-state index contributed by atoms with van der Waals surface area (Å²) in [4.78, 5) is 24.6.